The average molecular weight is 466 g/mol. The molecule has 0 bridgehead atoms. The van der Waals surface area contributed by atoms with Crippen LogP contribution in [-0.4, -0.2) is 76.5 Å². The van der Waals surface area contributed by atoms with Crippen molar-refractivity contribution < 1.29 is 19.2 Å². The Labute approximate surface area is 201 Å². The first kappa shape index (κ1) is 23.1. The van der Waals surface area contributed by atoms with Gasteiger partial charge < -0.3 is 14.7 Å². The zero-order chi connectivity index (χ0) is 23.7. The maximum atomic E-state index is 13.4. The molecule has 0 spiro atoms. The molecule has 34 heavy (non-hydrogen) atoms. The van der Waals surface area contributed by atoms with Gasteiger partial charge in [0.1, 0.15) is 6.04 Å². The van der Waals surface area contributed by atoms with Crippen LogP contribution < -0.4 is 0 Å². The van der Waals surface area contributed by atoms with E-state index in [2.05, 4.69) is 0 Å². The molecule has 3 heterocycles. The third-order valence-electron chi connectivity index (χ3n) is 8.17. The molecular formula is C27H35N3O4. The lowest BCUT2D eigenvalue weighted by Gasteiger charge is -2.28. The maximum Gasteiger partial charge on any atom is 0.254 e. The minimum atomic E-state index is -0.406. The van der Waals surface area contributed by atoms with E-state index in [1.807, 2.05) is 4.90 Å². The Kier molecular flexibility index (Phi) is 6.70. The summed E-state index contributed by atoms with van der Waals surface area (Å²) in [5, 5.41) is 0. The van der Waals surface area contributed by atoms with Crippen LogP contribution in [0.15, 0.2) is 24.3 Å². The third-order valence-corrected chi connectivity index (χ3v) is 8.17. The molecule has 4 aliphatic rings. The highest BCUT2D eigenvalue weighted by Gasteiger charge is 2.40. The number of hydrogen-bond donors (Lipinski definition) is 0. The first-order valence-electron chi connectivity index (χ1n) is 13.1. The fourth-order valence-corrected chi connectivity index (χ4v) is 6.32. The summed E-state index contributed by atoms with van der Waals surface area (Å²) in [5.41, 5.74) is 0.878. The van der Waals surface area contributed by atoms with Crippen molar-refractivity contribution in [2.45, 2.75) is 76.3 Å². The number of carbonyl (C=O) groups excluding carboxylic acids is 4. The molecule has 4 fully saturated rings. The van der Waals surface area contributed by atoms with Crippen LogP contribution in [0, 0.1) is 5.92 Å². The number of likely N-dealkylation sites (tertiary alicyclic amines) is 3. The van der Waals surface area contributed by atoms with Crippen LogP contribution in [0.5, 0.6) is 0 Å². The quantitative estimate of drug-likeness (QED) is 0.669. The van der Waals surface area contributed by atoms with Crippen LogP contribution in [0.1, 0.15) is 84.9 Å². The second kappa shape index (κ2) is 9.88. The molecule has 3 amide bonds. The monoisotopic (exact) mass is 465 g/mol. The summed E-state index contributed by atoms with van der Waals surface area (Å²) in [6.45, 7) is 2.69. The van der Waals surface area contributed by atoms with Crippen molar-refractivity contribution in [3.63, 3.8) is 0 Å². The minimum absolute atomic E-state index is 0.0564. The predicted octanol–water partition coefficient (Wildman–Crippen LogP) is 3.28. The number of amides is 3. The van der Waals surface area contributed by atoms with Crippen LogP contribution in [0.4, 0.5) is 0 Å². The lowest BCUT2D eigenvalue weighted by molar-refractivity contribution is -0.134. The van der Waals surface area contributed by atoms with Gasteiger partial charge in [-0.3, -0.25) is 19.2 Å². The zero-order valence-electron chi connectivity index (χ0n) is 19.9. The number of ketones is 1. The normalized spacial score (nSPS) is 25.4. The van der Waals surface area contributed by atoms with E-state index < -0.39 is 6.04 Å². The largest absolute Gasteiger partial charge is 0.341 e. The van der Waals surface area contributed by atoms with Gasteiger partial charge in [0.15, 0.2) is 5.78 Å². The van der Waals surface area contributed by atoms with Crippen molar-refractivity contribution in [2.75, 3.05) is 26.2 Å². The first-order valence-corrected chi connectivity index (χ1v) is 13.1. The molecule has 2 atom stereocenters. The molecule has 1 aromatic carbocycles. The van der Waals surface area contributed by atoms with Gasteiger partial charge in [-0.1, -0.05) is 18.9 Å². The summed E-state index contributed by atoms with van der Waals surface area (Å²) < 4.78 is 0. The topological polar surface area (TPSA) is 78.0 Å². The summed E-state index contributed by atoms with van der Waals surface area (Å²) >= 11 is 0. The van der Waals surface area contributed by atoms with Crippen LogP contribution in [-0.2, 0) is 9.59 Å². The first-order chi connectivity index (χ1) is 16.5. The Morgan fingerprint density at radius 2 is 1.21 bits per heavy atom. The summed E-state index contributed by atoms with van der Waals surface area (Å²) in [6, 6.07) is 6.09. The van der Waals surface area contributed by atoms with Gasteiger partial charge in [0.2, 0.25) is 5.91 Å². The van der Waals surface area contributed by atoms with Gasteiger partial charge in [-0.05, 0) is 69.6 Å². The van der Waals surface area contributed by atoms with Crippen molar-refractivity contribution in [1.82, 2.24) is 14.7 Å². The second-order valence-corrected chi connectivity index (χ2v) is 10.3. The van der Waals surface area contributed by atoms with Crippen LogP contribution in [0.2, 0.25) is 0 Å². The van der Waals surface area contributed by atoms with Crippen LogP contribution >= 0.6 is 0 Å². The van der Waals surface area contributed by atoms with Gasteiger partial charge in [-0.25, -0.2) is 0 Å². The van der Waals surface area contributed by atoms with Gasteiger partial charge in [0.25, 0.3) is 11.8 Å². The Hall–Kier alpha value is -2.70. The molecule has 0 unspecified atom stereocenters. The number of rotatable bonds is 5. The smallest absolute Gasteiger partial charge is 0.254 e. The Morgan fingerprint density at radius 3 is 1.82 bits per heavy atom. The van der Waals surface area contributed by atoms with Gasteiger partial charge in [-0.15, -0.1) is 0 Å². The Balaban J connectivity index is 1.30. The van der Waals surface area contributed by atoms with E-state index in [9.17, 15) is 19.2 Å². The van der Waals surface area contributed by atoms with Gasteiger partial charge in [0, 0.05) is 43.2 Å². The average Bonchev–Trinajstić information content (AvgIpc) is 3.68. The fourth-order valence-electron chi connectivity index (χ4n) is 6.32. The molecule has 1 saturated carbocycles. The molecule has 1 aromatic rings. The summed E-state index contributed by atoms with van der Waals surface area (Å²) in [5.74, 6) is 0.00250. The van der Waals surface area contributed by atoms with Gasteiger partial charge in [-0.2, -0.15) is 0 Å². The lowest BCUT2D eigenvalue weighted by Crippen LogP contribution is -2.47. The second-order valence-electron chi connectivity index (χ2n) is 10.3. The molecule has 0 aromatic heterocycles. The fraction of sp³-hybridized carbons (Fsp3) is 0.630. The highest BCUT2D eigenvalue weighted by Crippen LogP contribution is 2.31. The maximum absolute atomic E-state index is 13.4. The summed E-state index contributed by atoms with van der Waals surface area (Å²) in [4.78, 5) is 58.1. The highest BCUT2D eigenvalue weighted by molar-refractivity contribution is 6.03. The Morgan fingerprint density at radius 1 is 0.647 bits per heavy atom. The lowest BCUT2D eigenvalue weighted by atomic mass is 9.95. The minimum Gasteiger partial charge on any atom is -0.341 e. The van der Waals surface area contributed by atoms with E-state index in [1.165, 1.54) is 0 Å². The molecule has 3 saturated heterocycles. The zero-order valence-corrected chi connectivity index (χ0v) is 19.9. The van der Waals surface area contributed by atoms with Gasteiger partial charge in [0.05, 0.1) is 6.04 Å². The summed E-state index contributed by atoms with van der Waals surface area (Å²) in [6.07, 6.45) is 9.19. The van der Waals surface area contributed by atoms with Crippen molar-refractivity contribution in [3.8, 4) is 0 Å². The molecule has 7 nitrogen and oxygen atoms in total. The molecule has 7 heteroatoms. The molecule has 5 rings (SSSR count). The number of nitrogens with zero attached hydrogens (tertiary/aromatic N) is 3. The van der Waals surface area contributed by atoms with Crippen molar-refractivity contribution in [3.05, 3.63) is 35.4 Å². The SMILES string of the molecule is O=C(C1CCCC1)[C@@H]1CCCN1C(=O)c1cccc(C(=O)N2CCC[C@H]2C(=O)N2CCCC2)c1. The number of hydrogen-bond acceptors (Lipinski definition) is 4. The van der Waals surface area contributed by atoms with E-state index in [1.54, 1.807) is 34.1 Å². The van der Waals surface area contributed by atoms with E-state index >= 15 is 0 Å². The van der Waals surface area contributed by atoms with Crippen LogP contribution in [0.25, 0.3) is 0 Å². The molecule has 0 radical (unpaired) electrons. The van der Waals surface area contributed by atoms with Crippen molar-refractivity contribution in [2.24, 2.45) is 5.92 Å². The number of benzene rings is 1. The molecular weight excluding hydrogens is 430 g/mol. The van der Waals surface area contributed by atoms with Crippen molar-refractivity contribution in [1.29, 1.82) is 0 Å². The predicted molar refractivity (Wildman–Crippen MR) is 127 cm³/mol. The number of Topliss-reactive ketones (excluding diaryl/α,β-unsaturated/α-hetero) is 1. The van der Waals surface area contributed by atoms with E-state index in [0.717, 1.165) is 70.9 Å². The third kappa shape index (κ3) is 4.37. The van der Waals surface area contributed by atoms with Crippen molar-refractivity contribution >= 4 is 23.5 Å². The molecule has 3 aliphatic heterocycles. The molecule has 0 N–H and O–H groups in total. The summed E-state index contributed by atoms with van der Waals surface area (Å²) in [7, 11) is 0. The standard InChI is InChI=1S/C27H35N3O4/c31-24(19-8-1-2-9-19)22-12-6-16-29(22)25(32)20-10-5-11-21(18-20)26(33)30-17-7-13-23(30)27(34)28-14-3-4-15-28/h5,10-11,18-19,22-23H,1-4,6-9,12-17H2/t22-,23-/m0/s1. The van der Waals surface area contributed by atoms with Crippen LogP contribution in [0.3, 0.4) is 0 Å². The van der Waals surface area contributed by atoms with E-state index in [-0.39, 0.29) is 35.5 Å². The molecule has 1 aliphatic carbocycles. The molecule has 182 valence electrons. The van der Waals surface area contributed by atoms with E-state index in [0.29, 0.717) is 30.6 Å². The van der Waals surface area contributed by atoms with E-state index in [4.69, 9.17) is 0 Å². The Bertz CT molecular complexity index is 891. The highest BCUT2D eigenvalue weighted by atomic mass is 16.2. The number of carbonyl (C=O) groups is 4. The van der Waals surface area contributed by atoms with Gasteiger partial charge >= 0.3 is 0 Å².